The zero-order valence-corrected chi connectivity index (χ0v) is 27.8. The molecule has 1 aromatic heterocycles. The second-order valence-electron chi connectivity index (χ2n) is 11.1. The lowest BCUT2D eigenvalue weighted by Gasteiger charge is -2.26. The molecule has 0 saturated heterocycles. The van der Waals surface area contributed by atoms with Gasteiger partial charge in [-0.1, -0.05) is 60.7 Å². The standard InChI is InChI=1S/C35H29F5N4O6S/c1-42-16-15-41-27(42)18-44(28(45)19-43(2)51(47,48)34-32(39)30(37)29(36)31(38)33(34)40)24-13-14-25(35(46)50-21-23-11-7-4-8-12-23)26(17-24)49-20-22-9-5-3-6-10-22/h3-17H,18-21H2,1-2H3. The molecule has 0 atom stereocenters. The van der Waals surface area contributed by atoms with E-state index >= 15 is 0 Å². The van der Waals surface area contributed by atoms with Crippen LogP contribution in [-0.4, -0.2) is 47.7 Å². The smallest absolute Gasteiger partial charge is 0.342 e. The van der Waals surface area contributed by atoms with Gasteiger partial charge in [0, 0.05) is 38.2 Å². The van der Waals surface area contributed by atoms with E-state index in [9.17, 15) is 40.0 Å². The van der Waals surface area contributed by atoms with Gasteiger partial charge in [-0.25, -0.2) is 40.1 Å². The number of nitrogens with zero attached hydrogens (tertiary/aromatic N) is 4. The number of aromatic nitrogens is 2. The summed E-state index contributed by atoms with van der Waals surface area (Å²) in [5.74, 6) is -14.1. The summed E-state index contributed by atoms with van der Waals surface area (Å²) in [6.45, 7) is -1.45. The predicted octanol–water partition coefficient (Wildman–Crippen LogP) is 5.91. The number of imidazole rings is 1. The van der Waals surface area contributed by atoms with Crippen LogP contribution in [0, 0.1) is 29.1 Å². The van der Waals surface area contributed by atoms with E-state index in [2.05, 4.69) is 4.98 Å². The summed E-state index contributed by atoms with van der Waals surface area (Å²) in [6, 6.07) is 21.9. The average molecular weight is 729 g/mol. The van der Waals surface area contributed by atoms with Crippen molar-refractivity contribution in [3.05, 3.63) is 143 Å². The first-order valence-corrected chi connectivity index (χ1v) is 16.5. The number of amides is 1. The van der Waals surface area contributed by atoms with Gasteiger partial charge in [0.1, 0.15) is 30.4 Å². The molecule has 4 aromatic carbocycles. The van der Waals surface area contributed by atoms with Crippen molar-refractivity contribution in [2.75, 3.05) is 18.5 Å². The third kappa shape index (κ3) is 8.07. The van der Waals surface area contributed by atoms with E-state index in [1.807, 2.05) is 6.07 Å². The van der Waals surface area contributed by atoms with E-state index in [0.29, 0.717) is 5.82 Å². The number of hydrogen-bond donors (Lipinski definition) is 0. The van der Waals surface area contributed by atoms with Crippen molar-refractivity contribution in [2.45, 2.75) is 24.7 Å². The van der Waals surface area contributed by atoms with Gasteiger partial charge in [0.15, 0.2) is 28.2 Å². The normalized spacial score (nSPS) is 11.5. The van der Waals surface area contributed by atoms with Crippen molar-refractivity contribution < 1.29 is 49.4 Å². The number of anilines is 1. The molecule has 5 rings (SSSR count). The van der Waals surface area contributed by atoms with Gasteiger partial charge in [0.05, 0.1) is 13.1 Å². The van der Waals surface area contributed by atoms with Crippen LogP contribution < -0.4 is 9.64 Å². The SMILES string of the molecule is CN(CC(=O)N(Cc1nccn1C)c1ccc(C(=O)OCc2ccccc2)c(OCc2ccccc2)c1)S(=O)(=O)c1c(F)c(F)c(F)c(F)c1F. The van der Waals surface area contributed by atoms with Gasteiger partial charge >= 0.3 is 5.97 Å². The molecule has 266 valence electrons. The minimum atomic E-state index is -5.46. The molecular weight excluding hydrogens is 699 g/mol. The van der Waals surface area contributed by atoms with Crippen molar-refractivity contribution in [2.24, 2.45) is 7.05 Å². The number of sulfonamides is 1. The molecule has 0 aliphatic carbocycles. The molecule has 51 heavy (non-hydrogen) atoms. The summed E-state index contributed by atoms with van der Waals surface area (Å²) < 4.78 is 110. The van der Waals surface area contributed by atoms with Gasteiger partial charge in [0.25, 0.3) is 0 Å². The third-order valence-electron chi connectivity index (χ3n) is 7.66. The highest BCUT2D eigenvalue weighted by molar-refractivity contribution is 7.89. The molecule has 0 saturated carbocycles. The first-order chi connectivity index (χ1) is 24.3. The van der Waals surface area contributed by atoms with E-state index in [1.54, 1.807) is 72.4 Å². The molecule has 0 aliphatic heterocycles. The number of carbonyl (C=O) groups excluding carboxylic acids is 2. The van der Waals surface area contributed by atoms with Crippen molar-refractivity contribution in [1.82, 2.24) is 13.9 Å². The molecule has 1 heterocycles. The van der Waals surface area contributed by atoms with Crippen molar-refractivity contribution in [3.8, 4) is 5.75 Å². The second kappa shape index (κ2) is 15.5. The number of ether oxygens (including phenoxy) is 2. The van der Waals surface area contributed by atoms with E-state index in [4.69, 9.17) is 9.47 Å². The number of esters is 1. The molecular formula is C35H29F5N4O6S. The van der Waals surface area contributed by atoms with E-state index < -0.39 is 62.4 Å². The van der Waals surface area contributed by atoms with Crippen LogP contribution in [0.4, 0.5) is 27.6 Å². The van der Waals surface area contributed by atoms with Gasteiger partial charge in [-0.05, 0) is 23.3 Å². The second-order valence-corrected chi connectivity index (χ2v) is 13.1. The molecule has 0 N–H and O–H groups in total. The predicted molar refractivity (Wildman–Crippen MR) is 173 cm³/mol. The molecule has 16 heteroatoms. The number of rotatable bonds is 13. The highest BCUT2D eigenvalue weighted by atomic mass is 32.2. The molecule has 0 unspecified atom stereocenters. The fraction of sp³-hybridized carbons (Fsp3) is 0.171. The maximum Gasteiger partial charge on any atom is 0.342 e. The Hall–Kier alpha value is -5.61. The molecule has 1 amide bonds. The fourth-order valence-electron chi connectivity index (χ4n) is 4.84. The monoisotopic (exact) mass is 728 g/mol. The Morgan fingerprint density at radius 3 is 1.94 bits per heavy atom. The van der Waals surface area contributed by atoms with E-state index in [1.165, 1.54) is 24.4 Å². The van der Waals surface area contributed by atoms with E-state index in [-0.39, 0.29) is 41.1 Å². The van der Waals surface area contributed by atoms with Crippen LogP contribution in [-0.2, 0) is 46.4 Å². The lowest BCUT2D eigenvalue weighted by Crippen LogP contribution is -2.42. The molecule has 5 aromatic rings. The van der Waals surface area contributed by atoms with Gasteiger partial charge in [-0.2, -0.15) is 4.31 Å². The topological polar surface area (TPSA) is 111 Å². The van der Waals surface area contributed by atoms with Crippen molar-refractivity contribution >= 4 is 27.6 Å². The number of carbonyl (C=O) groups is 2. The number of aryl methyl sites for hydroxylation is 1. The quantitative estimate of drug-likeness (QED) is 0.0642. The largest absolute Gasteiger partial charge is 0.488 e. The van der Waals surface area contributed by atoms with Crippen LogP contribution >= 0.6 is 0 Å². The Labute approximate surface area is 289 Å². The van der Waals surface area contributed by atoms with Gasteiger partial charge in [-0.15, -0.1) is 0 Å². The minimum Gasteiger partial charge on any atom is -0.488 e. The summed E-state index contributed by atoms with van der Waals surface area (Å²) in [5, 5.41) is 0. The third-order valence-corrected chi connectivity index (χ3v) is 9.49. The fourth-order valence-corrected chi connectivity index (χ4v) is 6.07. The Balaban J connectivity index is 1.50. The maximum atomic E-state index is 14.5. The van der Waals surface area contributed by atoms with Crippen LogP contribution in [0.2, 0.25) is 0 Å². The van der Waals surface area contributed by atoms with Crippen molar-refractivity contribution in [3.63, 3.8) is 0 Å². The molecule has 0 fully saturated rings. The Bertz CT molecular complexity index is 2140. The van der Waals surface area contributed by atoms with Gasteiger partial charge in [0.2, 0.25) is 21.7 Å². The first-order valence-electron chi connectivity index (χ1n) is 15.1. The molecule has 0 radical (unpaired) electrons. The Morgan fingerprint density at radius 1 is 0.804 bits per heavy atom. The molecule has 0 spiro atoms. The number of benzene rings is 4. The van der Waals surface area contributed by atoms with Gasteiger partial charge < -0.3 is 18.9 Å². The Kier molecular flexibility index (Phi) is 11.2. The van der Waals surface area contributed by atoms with E-state index in [0.717, 1.165) is 23.1 Å². The first kappa shape index (κ1) is 36.7. The van der Waals surface area contributed by atoms with Crippen LogP contribution in [0.3, 0.4) is 0 Å². The summed E-state index contributed by atoms with van der Waals surface area (Å²) in [4.78, 5) is 30.3. The zero-order chi connectivity index (χ0) is 36.9. The van der Waals surface area contributed by atoms with Gasteiger partial charge in [-0.3, -0.25) is 4.79 Å². The highest BCUT2D eigenvalue weighted by Crippen LogP contribution is 2.31. The van der Waals surface area contributed by atoms with Crippen LogP contribution in [0.1, 0.15) is 27.3 Å². The molecule has 0 bridgehead atoms. The molecule has 0 aliphatic rings. The average Bonchev–Trinajstić information content (AvgIpc) is 3.54. The summed E-state index contributed by atoms with van der Waals surface area (Å²) in [6.07, 6.45) is 3.02. The number of likely N-dealkylation sites (N-methyl/N-ethyl adjacent to an activating group) is 1. The zero-order valence-electron chi connectivity index (χ0n) is 27.0. The lowest BCUT2D eigenvalue weighted by atomic mass is 10.1. The van der Waals surface area contributed by atoms with Crippen molar-refractivity contribution in [1.29, 1.82) is 0 Å². The van der Waals surface area contributed by atoms with Crippen LogP contribution in [0.25, 0.3) is 0 Å². The Morgan fingerprint density at radius 2 is 1.37 bits per heavy atom. The highest BCUT2D eigenvalue weighted by Gasteiger charge is 2.37. The maximum absolute atomic E-state index is 14.5. The van der Waals surface area contributed by atoms with Crippen LogP contribution in [0.15, 0.2) is 96.2 Å². The summed E-state index contributed by atoms with van der Waals surface area (Å²) >= 11 is 0. The molecule has 10 nitrogen and oxygen atoms in total. The summed E-state index contributed by atoms with van der Waals surface area (Å²) in [7, 11) is -3.08. The number of hydrogen-bond acceptors (Lipinski definition) is 7. The lowest BCUT2D eigenvalue weighted by molar-refractivity contribution is -0.118. The minimum absolute atomic E-state index is 0.000526. The van der Waals surface area contributed by atoms with Crippen LogP contribution in [0.5, 0.6) is 5.75 Å². The number of halogens is 5. The summed E-state index contributed by atoms with van der Waals surface area (Å²) in [5.41, 5.74) is 1.55.